The Kier molecular flexibility index (Phi) is 5.46. The van der Waals surface area contributed by atoms with Crippen molar-refractivity contribution in [1.29, 1.82) is 0 Å². The third kappa shape index (κ3) is 4.98. The first kappa shape index (κ1) is 15.6. The van der Waals surface area contributed by atoms with Crippen LogP contribution in [0.4, 0.5) is 5.69 Å². The average Bonchev–Trinajstić information content (AvgIpc) is 2.35. The molecule has 7 heteroatoms. The van der Waals surface area contributed by atoms with E-state index < -0.39 is 10.0 Å². The highest BCUT2D eigenvalue weighted by Gasteiger charge is 2.14. The molecule has 0 aliphatic rings. The van der Waals surface area contributed by atoms with Gasteiger partial charge in [0.15, 0.2) is 0 Å². The minimum absolute atomic E-state index is 0.0279. The fourth-order valence-corrected chi connectivity index (χ4v) is 2.13. The number of benzene rings is 1. The maximum atomic E-state index is 11.8. The van der Waals surface area contributed by atoms with Gasteiger partial charge in [-0.1, -0.05) is 13.0 Å². The van der Waals surface area contributed by atoms with Gasteiger partial charge in [-0.25, -0.2) is 13.6 Å². The summed E-state index contributed by atoms with van der Waals surface area (Å²) in [6, 6.07) is 5.86. The van der Waals surface area contributed by atoms with E-state index in [0.717, 1.165) is 6.42 Å². The van der Waals surface area contributed by atoms with Gasteiger partial charge in [-0.3, -0.25) is 4.79 Å². The van der Waals surface area contributed by atoms with Crippen LogP contribution in [0.15, 0.2) is 29.2 Å². The summed E-state index contributed by atoms with van der Waals surface area (Å²) in [5.41, 5.74) is 5.80. The molecule has 106 valence electrons. The van der Waals surface area contributed by atoms with E-state index in [9.17, 15) is 13.2 Å². The number of sulfonamides is 1. The van der Waals surface area contributed by atoms with E-state index >= 15 is 0 Å². The normalized spacial score (nSPS) is 13.0. The van der Waals surface area contributed by atoms with Crippen LogP contribution in [-0.2, 0) is 14.8 Å². The zero-order chi connectivity index (χ0) is 14.5. The number of nitrogens with one attached hydrogen (secondary N) is 1. The lowest BCUT2D eigenvalue weighted by molar-refractivity contribution is -0.119. The number of hydrogen-bond donors (Lipinski definition) is 3. The van der Waals surface area contributed by atoms with Gasteiger partial charge in [-0.15, -0.1) is 0 Å². The summed E-state index contributed by atoms with van der Waals surface area (Å²) >= 11 is 0. The maximum absolute atomic E-state index is 11.8. The molecule has 6 nitrogen and oxygen atoms in total. The van der Waals surface area contributed by atoms with Crippen molar-refractivity contribution in [2.24, 2.45) is 16.8 Å². The van der Waals surface area contributed by atoms with E-state index in [1.807, 2.05) is 0 Å². The number of rotatable bonds is 6. The molecular formula is C12H19N3O3S. The molecular weight excluding hydrogens is 266 g/mol. The van der Waals surface area contributed by atoms with Crippen molar-refractivity contribution < 1.29 is 13.2 Å². The van der Waals surface area contributed by atoms with Gasteiger partial charge in [-0.05, 0) is 37.6 Å². The first-order chi connectivity index (χ1) is 8.84. The molecule has 0 aliphatic carbocycles. The van der Waals surface area contributed by atoms with Crippen molar-refractivity contribution in [2.75, 3.05) is 11.9 Å². The number of anilines is 1. The molecule has 1 amide bonds. The lowest BCUT2D eigenvalue weighted by Gasteiger charge is -2.12. The zero-order valence-electron chi connectivity index (χ0n) is 10.8. The fraction of sp³-hybridized carbons (Fsp3) is 0.417. The van der Waals surface area contributed by atoms with Crippen LogP contribution in [0.1, 0.15) is 19.8 Å². The van der Waals surface area contributed by atoms with Gasteiger partial charge in [0.05, 0.1) is 4.90 Å². The second kappa shape index (κ2) is 6.65. The van der Waals surface area contributed by atoms with E-state index in [1.54, 1.807) is 13.0 Å². The minimum atomic E-state index is -3.76. The highest BCUT2D eigenvalue weighted by molar-refractivity contribution is 7.89. The van der Waals surface area contributed by atoms with Gasteiger partial charge >= 0.3 is 0 Å². The van der Waals surface area contributed by atoms with Gasteiger partial charge in [0.1, 0.15) is 0 Å². The van der Waals surface area contributed by atoms with Gasteiger partial charge in [0.2, 0.25) is 15.9 Å². The quantitative estimate of drug-likeness (QED) is 0.711. The lowest BCUT2D eigenvalue weighted by atomic mass is 10.0. The maximum Gasteiger partial charge on any atom is 0.238 e. The number of primary sulfonamides is 1. The minimum Gasteiger partial charge on any atom is -0.330 e. The zero-order valence-corrected chi connectivity index (χ0v) is 11.6. The molecule has 0 saturated heterocycles. The van der Waals surface area contributed by atoms with Crippen molar-refractivity contribution in [1.82, 2.24) is 0 Å². The summed E-state index contributed by atoms with van der Waals surface area (Å²) in [5.74, 6) is -0.346. The number of amides is 1. The van der Waals surface area contributed by atoms with Crippen molar-refractivity contribution >= 4 is 21.6 Å². The molecule has 19 heavy (non-hydrogen) atoms. The molecule has 1 aromatic carbocycles. The summed E-state index contributed by atoms with van der Waals surface area (Å²) in [6.07, 6.45) is 1.46. The first-order valence-corrected chi connectivity index (χ1v) is 7.53. The van der Waals surface area contributed by atoms with E-state index in [2.05, 4.69) is 5.32 Å². The van der Waals surface area contributed by atoms with E-state index in [4.69, 9.17) is 10.9 Å². The second-order valence-electron chi connectivity index (χ2n) is 4.39. The Morgan fingerprint density at radius 2 is 2.11 bits per heavy atom. The standard InChI is InChI=1S/C12H19N3O3S/c1-9(4-3-7-13)12(16)15-10-5-2-6-11(8-10)19(14,17)18/h2,5-6,8-9H,3-4,7,13H2,1H3,(H,15,16)(H2,14,17,18). The van der Waals surface area contributed by atoms with Crippen LogP contribution in [-0.4, -0.2) is 20.9 Å². The highest BCUT2D eigenvalue weighted by atomic mass is 32.2. The number of carbonyl (C=O) groups is 1. The van der Waals surface area contributed by atoms with Gasteiger partial charge < -0.3 is 11.1 Å². The van der Waals surface area contributed by atoms with Crippen LogP contribution in [0.25, 0.3) is 0 Å². The molecule has 1 rings (SSSR count). The van der Waals surface area contributed by atoms with E-state index in [0.29, 0.717) is 18.7 Å². The van der Waals surface area contributed by atoms with Gasteiger partial charge in [0, 0.05) is 11.6 Å². The third-order valence-corrected chi connectivity index (χ3v) is 3.63. The van der Waals surface area contributed by atoms with E-state index in [-0.39, 0.29) is 16.7 Å². The van der Waals surface area contributed by atoms with Crippen LogP contribution in [0.5, 0.6) is 0 Å². The molecule has 0 aliphatic heterocycles. The van der Waals surface area contributed by atoms with Crippen LogP contribution in [0.2, 0.25) is 0 Å². The van der Waals surface area contributed by atoms with Gasteiger partial charge in [-0.2, -0.15) is 0 Å². The summed E-state index contributed by atoms with van der Waals surface area (Å²) in [6.45, 7) is 2.34. The first-order valence-electron chi connectivity index (χ1n) is 5.98. The predicted molar refractivity (Wildman–Crippen MR) is 73.9 cm³/mol. The molecule has 0 bridgehead atoms. The predicted octanol–water partition coefficient (Wildman–Crippen LogP) is 0.647. The monoisotopic (exact) mass is 285 g/mol. The van der Waals surface area contributed by atoms with Crippen molar-refractivity contribution in [2.45, 2.75) is 24.7 Å². The number of carbonyl (C=O) groups excluding carboxylic acids is 1. The molecule has 0 aromatic heterocycles. The SMILES string of the molecule is CC(CCCN)C(=O)Nc1cccc(S(N)(=O)=O)c1. The summed E-state index contributed by atoms with van der Waals surface area (Å²) in [5, 5.41) is 7.69. The molecule has 0 fully saturated rings. The van der Waals surface area contributed by atoms with Crippen LogP contribution >= 0.6 is 0 Å². The molecule has 1 aromatic rings. The number of nitrogens with two attached hydrogens (primary N) is 2. The Balaban J connectivity index is 2.75. The fourth-order valence-electron chi connectivity index (χ4n) is 1.57. The van der Waals surface area contributed by atoms with Crippen molar-refractivity contribution in [3.63, 3.8) is 0 Å². The Morgan fingerprint density at radius 1 is 1.42 bits per heavy atom. The Labute approximate surface area is 113 Å². The molecule has 0 saturated carbocycles. The second-order valence-corrected chi connectivity index (χ2v) is 5.96. The van der Waals surface area contributed by atoms with Gasteiger partial charge in [0.25, 0.3) is 0 Å². The summed E-state index contributed by atoms with van der Waals surface area (Å²) in [7, 11) is -3.76. The van der Waals surface area contributed by atoms with Crippen LogP contribution < -0.4 is 16.2 Å². The molecule has 0 heterocycles. The lowest BCUT2D eigenvalue weighted by Crippen LogP contribution is -2.21. The Hall–Kier alpha value is -1.44. The smallest absolute Gasteiger partial charge is 0.238 e. The summed E-state index contributed by atoms with van der Waals surface area (Å²) < 4.78 is 22.4. The number of hydrogen-bond acceptors (Lipinski definition) is 4. The molecule has 1 atom stereocenters. The third-order valence-electron chi connectivity index (χ3n) is 2.72. The molecule has 0 spiro atoms. The molecule has 0 radical (unpaired) electrons. The average molecular weight is 285 g/mol. The van der Waals surface area contributed by atoms with Crippen LogP contribution in [0.3, 0.4) is 0 Å². The summed E-state index contributed by atoms with van der Waals surface area (Å²) in [4.78, 5) is 11.8. The van der Waals surface area contributed by atoms with E-state index in [1.165, 1.54) is 18.2 Å². The Morgan fingerprint density at radius 3 is 2.68 bits per heavy atom. The largest absolute Gasteiger partial charge is 0.330 e. The highest BCUT2D eigenvalue weighted by Crippen LogP contribution is 2.16. The Bertz CT molecular complexity index is 543. The van der Waals surface area contributed by atoms with Crippen molar-refractivity contribution in [3.8, 4) is 0 Å². The van der Waals surface area contributed by atoms with Crippen LogP contribution in [0, 0.1) is 5.92 Å². The molecule has 1 unspecified atom stereocenters. The topological polar surface area (TPSA) is 115 Å². The van der Waals surface area contributed by atoms with Crippen molar-refractivity contribution in [3.05, 3.63) is 24.3 Å². The molecule has 5 N–H and O–H groups in total.